The average Bonchev–Trinajstić information content (AvgIpc) is 3.31. The minimum atomic E-state index is -4.06. The Morgan fingerprint density at radius 2 is 2.00 bits per heavy atom. The van der Waals surface area contributed by atoms with Crippen molar-refractivity contribution in [3.63, 3.8) is 0 Å². The topological polar surface area (TPSA) is 90.3 Å². The number of nitrogens with one attached hydrogen (secondary N) is 1. The number of carbonyl (C=O) groups excluding carboxylic acids is 1. The van der Waals surface area contributed by atoms with E-state index in [0.29, 0.717) is 29.0 Å². The van der Waals surface area contributed by atoms with Gasteiger partial charge in [-0.2, -0.15) is 5.10 Å². The van der Waals surface area contributed by atoms with Gasteiger partial charge in [0.1, 0.15) is 10.6 Å². The lowest BCUT2D eigenvalue weighted by Crippen LogP contribution is -2.34. The minimum absolute atomic E-state index is 0.0479. The number of aryl methyl sites for hydroxylation is 1. The molecule has 2 aliphatic carbocycles. The molecule has 0 spiro atoms. The van der Waals surface area contributed by atoms with Crippen LogP contribution >= 0.6 is 0 Å². The van der Waals surface area contributed by atoms with Crippen molar-refractivity contribution in [2.45, 2.75) is 48.8 Å². The van der Waals surface area contributed by atoms with Crippen LogP contribution in [0, 0.1) is 0 Å². The lowest BCUT2D eigenvalue weighted by atomic mass is 9.77. The number of para-hydroxylation sites is 1. The van der Waals surface area contributed by atoms with Gasteiger partial charge in [0.2, 0.25) is 5.91 Å². The van der Waals surface area contributed by atoms with Crippen LogP contribution in [0.4, 0.5) is 0 Å². The van der Waals surface area contributed by atoms with E-state index in [4.69, 9.17) is 4.74 Å². The van der Waals surface area contributed by atoms with Crippen molar-refractivity contribution in [1.29, 1.82) is 0 Å². The second-order valence-corrected chi connectivity index (χ2v) is 10.1. The summed E-state index contributed by atoms with van der Waals surface area (Å²) in [6.07, 6.45) is 6.50. The second kappa shape index (κ2) is 7.37. The molecule has 1 amide bonds. The number of aromatic nitrogens is 2. The predicted octanol–water partition coefficient (Wildman–Crippen LogP) is 3.38. The predicted molar refractivity (Wildman–Crippen MR) is 117 cm³/mol. The number of hydrogen-bond acceptors (Lipinski definition) is 5. The monoisotopic (exact) mass is 439 g/mol. The van der Waals surface area contributed by atoms with E-state index in [1.807, 2.05) is 6.07 Å². The van der Waals surface area contributed by atoms with E-state index >= 15 is 0 Å². The van der Waals surface area contributed by atoms with Crippen LogP contribution in [-0.2, 0) is 28.3 Å². The average molecular weight is 440 g/mol. The molecule has 2 aliphatic rings. The van der Waals surface area contributed by atoms with E-state index in [-0.39, 0.29) is 4.90 Å². The Balaban J connectivity index is 1.49. The van der Waals surface area contributed by atoms with Crippen molar-refractivity contribution in [3.8, 4) is 5.75 Å². The number of benzene rings is 2. The lowest BCUT2D eigenvalue weighted by molar-refractivity contribution is -0.120. The van der Waals surface area contributed by atoms with Crippen LogP contribution in [0.1, 0.15) is 54.2 Å². The molecule has 1 fully saturated rings. The molecule has 0 bridgehead atoms. The Hall–Kier alpha value is -2.87. The second-order valence-electron chi connectivity index (χ2n) is 8.40. The fraction of sp³-hybridized carbons (Fsp3) is 0.391. The maximum atomic E-state index is 13.2. The first kappa shape index (κ1) is 20.1. The summed E-state index contributed by atoms with van der Waals surface area (Å²) in [5, 5.41) is 4.85. The smallest absolute Gasteiger partial charge is 0.266 e. The Labute approximate surface area is 181 Å². The van der Waals surface area contributed by atoms with E-state index in [0.717, 1.165) is 17.5 Å². The summed E-state index contributed by atoms with van der Waals surface area (Å²) >= 11 is 0. The molecule has 0 saturated heterocycles. The Morgan fingerprint density at radius 1 is 1.19 bits per heavy atom. The molecule has 1 saturated carbocycles. The lowest BCUT2D eigenvalue weighted by Gasteiger charge is -2.28. The zero-order valence-corrected chi connectivity index (χ0v) is 18.4. The van der Waals surface area contributed by atoms with Gasteiger partial charge in [0.15, 0.2) is 0 Å². The first-order chi connectivity index (χ1) is 14.9. The molecule has 8 heteroatoms. The molecule has 1 atom stereocenters. The molecule has 0 radical (unpaired) electrons. The van der Waals surface area contributed by atoms with E-state index in [2.05, 4.69) is 15.9 Å². The third-order valence-electron chi connectivity index (χ3n) is 6.71. The first-order valence-electron chi connectivity index (χ1n) is 10.6. The first-order valence-corrected chi connectivity index (χ1v) is 12.1. The van der Waals surface area contributed by atoms with Crippen molar-refractivity contribution in [1.82, 2.24) is 14.5 Å². The SMILES string of the molecule is COc1ccc(C2CCC2)c2c1[C@@H](C(=O)NS(=O)(=O)c1cccc3cnn(C)c13)CC2. The van der Waals surface area contributed by atoms with Gasteiger partial charge in [-0.05, 0) is 54.9 Å². The van der Waals surface area contributed by atoms with Crippen molar-refractivity contribution in [2.75, 3.05) is 7.11 Å². The van der Waals surface area contributed by atoms with E-state index in [1.165, 1.54) is 35.6 Å². The Bertz CT molecular complexity index is 1290. The van der Waals surface area contributed by atoms with Gasteiger partial charge in [-0.3, -0.25) is 9.48 Å². The number of rotatable bonds is 5. The fourth-order valence-corrected chi connectivity index (χ4v) is 6.25. The zero-order chi connectivity index (χ0) is 21.8. The van der Waals surface area contributed by atoms with Crippen molar-refractivity contribution < 1.29 is 17.9 Å². The fourth-order valence-electron chi connectivity index (χ4n) is 4.97. The summed E-state index contributed by atoms with van der Waals surface area (Å²) in [7, 11) is -0.786. The number of nitrogens with zero attached hydrogens (tertiary/aromatic N) is 2. The molecule has 1 aromatic heterocycles. The van der Waals surface area contributed by atoms with Crippen molar-refractivity contribution >= 4 is 26.8 Å². The molecular weight excluding hydrogens is 414 g/mol. The highest BCUT2D eigenvalue weighted by atomic mass is 32.2. The third kappa shape index (κ3) is 3.20. The van der Waals surface area contributed by atoms with Gasteiger partial charge in [-0.25, -0.2) is 13.1 Å². The van der Waals surface area contributed by atoms with Crippen LogP contribution in [0.3, 0.4) is 0 Å². The minimum Gasteiger partial charge on any atom is -0.496 e. The molecule has 0 aliphatic heterocycles. The van der Waals surface area contributed by atoms with Crippen LogP contribution < -0.4 is 9.46 Å². The standard InChI is InChI=1S/C23H25N3O4S/c1-26-22-15(13-24-26)7-4-8-20(22)31(28,29)25-23(27)18-10-9-17-16(14-5-3-6-14)11-12-19(30-2)21(17)18/h4,7-8,11-14,18H,3,5-6,9-10H2,1-2H3,(H,25,27)/t18-/m0/s1. The number of methoxy groups -OCH3 is 1. The van der Waals surface area contributed by atoms with Gasteiger partial charge in [0.05, 0.1) is 24.7 Å². The summed E-state index contributed by atoms with van der Waals surface area (Å²) in [5.41, 5.74) is 3.77. The van der Waals surface area contributed by atoms with E-state index in [9.17, 15) is 13.2 Å². The molecule has 3 aromatic rings. The number of sulfonamides is 1. The molecule has 1 heterocycles. The summed E-state index contributed by atoms with van der Waals surface area (Å²) in [6, 6.07) is 8.98. The Morgan fingerprint density at radius 3 is 2.71 bits per heavy atom. The van der Waals surface area contributed by atoms with Crippen LogP contribution in [0.5, 0.6) is 5.75 Å². The van der Waals surface area contributed by atoms with Crippen molar-refractivity contribution in [3.05, 3.63) is 53.2 Å². The van der Waals surface area contributed by atoms with E-state index in [1.54, 1.807) is 32.5 Å². The van der Waals surface area contributed by atoms with Gasteiger partial charge < -0.3 is 4.74 Å². The van der Waals surface area contributed by atoms with E-state index < -0.39 is 21.8 Å². The highest BCUT2D eigenvalue weighted by Crippen LogP contribution is 2.47. The maximum absolute atomic E-state index is 13.2. The van der Waals surface area contributed by atoms with Crippen LogP contribution in [-0.4, -0.2) is 31.2 Å². The van der Waals surface area contributed by atoms with Gasteiger partial charge in [0.25, 0.3) is 10.0 Å². The quantitative estimate of drug-likeness (QED) is 0.658. The van der Waals surface area contributed by atoms with Gasteiger partial charge in [-0.15, -0.1) is 0 Å². The largest absolute Gasteiger partial charge is 0.496 e. The number of carbonyl (C=O) groups is 1. The maximum Gasteiger partial charge on any atom is 0.266 e. The summed E-state index contributed by atoms with van der Waals surface area (Å²) in [6.45, 7) is 0. The molecule has 31 heavy (non-hydrogen) atoms. The molecule has 1 N–H and O–H groups in total. The van der Waals surface area contributed by atoms with Gasteiger partial charge >= 0.3 is 0 Å². The number of ether oxygens (including phenoxy) is 1. The molecular formula is C23H25N3O4S. The molecule has 162 valence electrons. The summed E-state index contributed by atoms with van der Waals surface area (Å²) in [5.74, 6) is 0.127. The van der Waals surface area contributed by atoms with Crippen LogP contribution in [0.2, 0.25) is 0 Å². The molecule has 2 aromatic carbocycles. The highest BCUT2D eigenvalue weighted by Gasteiger charge is 2.37. The number of fused-ring (bicyclic) bond motifs is 2. The summed E-state index contributed by atoms with van der Waals surface area (Å²) in [4.78, 5) is 13.3. The summed E-state index contributed by atoms with van der Waals surface area (Å²) < 4.78 is 35.7. The molecule has 5 rings (SSSR count). The van der Waals surface area contributed by atoms with Crippen molar-refractivity contribution in [2.24, 2.45) is 7.05 Å². The third-order valence-corrected chi connectivity index (χ3v) is 8.09. The normalized spacial score (nSPS) is 18.6. The van der Waals surface area contributed by atoms with Gasteiger partial charge in [0, 0.05) is 18.0 Å². The van der Waals surface area contributed by atoms with Crippen LogP contribution in [0.25, 0.3) is 10.9 Å². The molecule has 0 unspecified atom stereocenters. The number of hydrogen-bond donors (Lipinski definition) is 1. The Kier molecular flexibility index (Phi) is 4.77. The number of amides is 1. The highest BCUT2D eigenvalue weighted by molar-refractivity contribution is 7.90. The van der Waals surface area contributed by atoms with Crippen LogP contribution in [0.15, 0.2) is 41.4 Å². The zero-order valence-electron chi connectivity index (χ0n) is 17.6. The molecule has 7 nitrogen and oxygen atoms in total. The van der Waals surface area contributed by atoms with Gasteiger partial charge in [-0.1, -0.05) is 24.6 Å².